The van der Waals surface area contributed by atoms with Crippen molar-refractivity contribution in [1.82, 2.24) is 15.2 Å². The van der Waals surface area contributed by atoms with Crippen LogP contribution in [-0.2, 0) is 17.7 Å². The van der Waals surface area contributed by atoms with E-state index < -0.39 is 5.60 Å². The second kappa shape index (κ2) is 9.65. The van der Waals surface area contributed by atoms with Gasteiger partial charge in [0, 0.05) is 37.1 Å². The van der Waals surface area contributed by atoms with Gasteiger partial charge < -0.3 is 15.0 Å². The topological polar surface area (TPSA) is 57.7 Å². The van der Waals surface area contributed by atoms with E-state index in [9.17, 15) is 4.79 Å². The number of alkyl carbamates (subject to hydrolysis) is 1. The monoisotopic (exact) mass is 448 g/mol. The van der Waals surface area contributed by atoms with Gasteiger partial charge in [-0.25, -0.2) is 9.78 Å². The lowest BCUT2D eigenvalue weighted by atomic mass is 9.84. The third-order valence-electron chi connectivity index (χ3n) is 6.91. The van der Waals surface area contributed by atoms with Crippen LogP contribution in [0.5, 0.6) is 0 Å². The quantitative estimate of drug-likeness (QED) is 0.700. The Morgan fingerprint density at radius 1 is 1.19 bits per heavy atom. The molecular formula is C24H40N4O2S. The Hall–Kier alpha value is -1.34. The van der Waals surface area contributed by atoms with E-state index in [2.05, 4.69) is 22.0 Å². The molecule has 1 amide bonds. The van der Waals surface area contributed by atoms with Crippen LogP contribution in [0, 0.1) is 11.8 Å². The van der Waals surface area contributed by atoms with E-state index in [1.807, 2.05) is 32.1 Å². The molecule has 1 aromatic rings. The van der Waals surface area contributed by atoms with E-state index in [0.717, 1.165) is 37.6 Å². The standard InChI is InChI=1S/C24H40N4O2S/c1-17-9-14-28(15-17)22-26-20-16-27(13-11-21(20)31-22)12-10-18-5-7-19(8-6-18)25-23(29)30-24(2,3)4/h17-19H,5-16H2,1-4H3,(H,25,29). The van der Waals surface area contributed by atoms with Gasteiger partial charge in [0.25, 0.3) is 0 Å². The maximum absolute atomic E-state index is 12.0. The molecule has 0 radical (unpaired) electrons. The van der Waals surface area contributed by atoms with Crippen molar-refractivity contribution in [2.24, 2.45) is 11.8 Å². The number of aromatic nitrogens is 1. The second-order valence-corrected chi connectivity index (χ2v) is 11.9. The Bertz CT molecular complexity index is 751. The SMILES string of the molecule is CC1CCN(c2nc3c(s2)CCN(CCC2CCC(NC(=O)OC(C)(C)C)CC2)C3)C1. The zero-order valence-corrected chi connectivity index (χ0v) is 20.6. The number of fused-ring (bicyclic) bond motifs is 1. The first kappa shape index (κ1) is 22.8. The number of anilines is 1. The van der Waals surface area contributed by atoms with Gasteiger partial charge in [-0.15, -0.1) is 11.3 Å². The molecule has 0 bridgehead atoms. The molecule has 2 aliphatic heterocycles. The zero-order valence-electron chi connectivity index (χ0n) is 19.8. The van der Waals surface area contributed by atoms with E-state index in [4.69, 9.17) is 9.72 Å². The third kappa shape index (κ3) is 6.35. The number of amides is 1. The molecule has 1 saturated heterocycles. The number of carbonyl (C=O) groups is 1. The third-order valence-corrected chi connectivity index (χ3v) is 8.13. The maximum Gasteiger partial charge on any atom is 0.407 e. The van der Waals surface area contributed by atoms with Crippen LogP contribution in [0.1, 0.15) is 76.8 Å². The lowest BCUT2D eigenvalue weighted by Crippen LogP contribution is -2.41. The summed E-state index contributed by atoms with van der Waals surface area (Å²) in [5.41, 5.74) is 0.900. The lowest BCUT2D eigenvalue weighted by molar-refractivity contribution is 0.0485. The normalized spacial score (nSPS) is 27.2. The summed E-state index contributed by atoms with van der Waals surface area (Å²) in [5.74, 6) is 1.57. The van der Waals surface area contributed by atoms with Crippen LogP contribution < -0.4 is 10.2 Å². The smallest absolute Gasteiger partial charge is 0.407 e. The van der Waals surface area contributed by atoms with Gasteiger partial charge in [-0.1, -0.05) is 6.92 Å². The summed E-state index contributed by atoms with van der Waals surface area (Å²) in [7, 11) is 0. The van der Waals surface area contributed by atoms with E-state index >= 15 is 0 Å². The zero-order chi connectivity index (χ0) is 22.0. The predicted molar refractivity (Wildman–Crippen MR) is 127 cm³/mol. The van der Waals surface area contributed by atoms with Crippen LogP contribution in [-0.4, -0.2) is 53.8 Å². The average molecular weight is 449 g/mol. The molecule has 6 nitrogen and oxygen atoms in total. The number of carbonyl (C=O) groups excluding carboxylic acids is 1. The molecule has 174 valence electrons. The van der Waals surface area contributed by atoms with Crippen LogP contribution in [0.15, 0.2) is 0 Å². The number of ether oxygens (including phenoxy) is 1. The molecule has 7 heteroatoms. The Labute approximate surface area is 191 Å². The van der Waals surface area contributed by atoms with Crippen LogP contribution in [0.2, 0.25) is 0 Å². The van der Waals surface area contributed by atoms with E-state index in [1.54, 1.807) is 0 Å². The largest absolute Gasteiger partial charge is 0.444 e. The summed E-state index contributed by atoms with van der Waals surface area (Å²) >= 11 is 1.93. The van der Waals surface area contributed by atoms with Crippen molar-refractivity contribution < 1.29 is 9.53 Å². The van der Waals surface area contributed by atoms with Crippen molar-refractivity contribution in [3.63, 3.8) is 0 Å². The number of nitrogens with zero attached hydrogens (tertiary/aromatic N) is 3. The Balaban J connectivity index is 1.18. The first-order valence-corrected chi connectivity index (χ1v) is 13.0. The second-order valence-electron chi connectivity index (χ2n) is 10.9. The fourth-order valence-corrected chi connectivity index (χ4v) is 6.20. The van der Waals surface area contributed by atoms with Gasteiger partial charge in [0.05, 0.1) is 5.69 Å². The van der Waals surface area contributed by atoms with Crippen molar-refractivity contribution in [3.05, 3.63) is 10.6 Å². The van der Waals surface area contributed by atoms with Crippen molar-refractivity contribution in [2.45, 2.75) is 90.8 Å². The summed E-state index contributed by atoms with van der Waals surface area (Å²) in [5, 5.41) is 4.31. The Morgan fingerprint density at radius 3 is 2.65 bits per heavy atom. The van der Waals surface area contributed by atoms with Gasteiger partial charge in [0.2, 0.25) is 0 Å². The highest BCUT2D eigenvalue weighted by Crippen LogP contribution is 2.34. The number of hydrogen-bond donors (Lipinski definition) is 1. The minimum Gasteiger partial charge on any atom is -0.444 e. The summed E-state index contributed by atoms with van der Waals surface area (Å²) in [4.78, 5) is 23.6. The molecule has 3 heterocycles. The molecule has 4 rings (SSSR count). The maximum atomic E-state index is 12.0. The first-order chi connectivity index (χ1) is 14.7. The fraction of sp³-hybridized carbons (Fsp3) is 0.833. The highest BCUT2D eigenvalue weighted by molar-refractivity contribution is 7.15. The molecule has 1 aliphatic carbocycles. The molecule has 0 spiro atoms. The van der Waals surface area contributed by atoms with Crippen molar-refractivity contribution in [1.29, 1.82) is 0 Å². The minimum absolute atomic E-state index is 0.269. The first-order valence-electron chi connectivity index (χ1n) is 12.2. The van der Waals surface area contributed by atoms with Gasteiger partial charge in [-0.2, -0.15) is 0 Å². The van der Waals surface area contributed by atoms with Crippen LogP contribution in [0.3, 0.4) is 0 Å². The molecule has 0 aromatic carbocycles. The summed E-state index contributed by atoms with van der Waals surface area (Å²) in [6.45, 7) is 13.8. The fourth-order valence-electron chi connectivity index (χ4n) is 5.11. The average Bonchev–Trinajstić information content (AvgIpc) is 3.31. The van der Waals surface area contributed by atoms with E-state index in [-0.39, 0.29) is 12.1 Å². The predicted octanol–water partition coefficient (Wildman–Crippen LogP) is 4.82. The highest BCUT2D eigenvalue weighted by atomic mass is 32.1. The van der Waals surface area contributed by atoms with Crippen molar-refractivity contribution >= 4 is 22.6 Å². The number of nitrogens with one attached hydrogen (secondary N) is 1. The number of rotatable bonds is 5. The van der Waals surface area contributed by atoms with Crippen molar-refractivity contribution in [3.8, 4) is 0 Å². The van der Waals surface area contributed by atoms with Gasteiger partial charge in [0.1, 0.15) is 5.60 Å². The molecule has 1 unspecified atom stereocenters. The minimum atomic E-state index is -0.430. The Kier molecular flexibility index (Phi) is 7.11. The molecule has 1 aromatic heterocycles. The van der Waals surface area contributed by atoms with E-state index in [1.165, 1.54) is 67.6 Å². The van der Waals surface area contributed by atoms with Crippen LogP contribution in [0.4, 0.5) is 9.93 Å². The van der Waals surface area contributed by atoms with E-state index in [0.29, 0.717) is 0 Å². The van der Waals surface area contributed by atoms with Gasteiger partial charge in [-0.3, -0.25) is 4.90 Å². The molecule has 1 atom stereocenters. The van der Waals surface area contributed by atoms with Crippen LogP contribution in [0.25, 0.3) is 0 Å². The molecule has 3 aliphatic rings. The van der Waals surface area contributed by atoms with Gasteiger partial charge in [0.15, 0.2) is 5.13 Å². The molecule has 1 N–H and O–H groups in total. The number of hydrogen-bond acceptors (Lipinski definition) is 6. The van der Waals surface area contributed by atoms with Crippen molar-refractivity contribution in [2.75, 3.05) is 31.1 Å². The van der Waals surface area contributed by atoms with Gasteiger partial charge in [-0.05, 0) is 84.1 Å². The molecule has 2 fully saturated rings. The molecule has 1 saturated carbocycles. The summed E-state index contributed by atoms with van der Waals surface area (Å²) in [6, 6.07) is 0.269. The highest BCUT2D eigenvalue weighted by Gasteiger charge is 2.28. The summed E-state index contributed by atoms with van der Waals surface area (Å²) < 4.78 is 5.40. The molecular weight excluding hydrogens is 408 g/mol. The number of thiazole rings is 1. The van der Waals surface area contributed by atoms with Crippen LogP contribution >= 0.6 is 11.3 Å². The lowest BCUT2D eigenvalue weighted by Gasteiger charge is -2.32. The summed E-state index contributed by atoms with van der Waals surface area (Å²) in [6.07, 6.45) is 7.98. The van der Waals surface area contributed by atoms with Gasteiger partial charge >= 0.3 is 6.09 Å². The Morgan fingerprint density at radius 2 is 1.97 bits per heavy atom. The molecule has 31 heavy (non-hydrogen) atoms.